The number of carbonyl (C=O) groups is 1. The molecule has 1 aliphatic carbocycles. The van der Waals surface area contributed by atoms with Gasteiger partial charge in [-0.15, -0.1) is 0 Å². The number of H-pyrrole nitrogens is 1. The summed E-state index contributed by atoms with van der Waals surface area (Å²) in [7, 11) is -4.62. The van der Waals surface area contributed by atoms with Crippen molar-refractivity contribution < 1.29 is 37.1 Å². The Morgan fingerprint density at radius 2 is 1.77 bits per heavy atom. The zero-order valence-corrected chi connectivity index (χ0v) is 41.5. The number of aromatic nitrogens is 2. The highest BCUT2D eigenvalue weighted by molar-refractivity contribution is 7.90. The molecule has 4 saturated heterocycles. The SMILES string of the molecule is CC(C)c1ccccc1[C@@H]1CCC[C@@H](C)N1C1CC2(CCN(c3ccc(C(=O)NS(=O)(=O)c4ccc(NC[C@H]5COCCO5)c([N+](=O)[O-])c4)c(N4c5cc6cc[nH]c6nc5O[C@H]5COCC[C@@H]54)c3)CC2)C1. The number of nitro benzene ring substituents is 1. The van der Waals surface area contributed by atoms with E-state index in [1.807, 2.05) is 30.5 Å². The van der Waals surface area contributed by atoms with Crippen molar-refractivity contribution in [2.24, 2.45) is 5.41 Å². The molecule has 0 unspecified atom stereocenters. The maximum absolute atomic E-state index is 14.7. The topological polar surface area (TPSA) is 194 Å². The number of amides is 1. The third-order valence-corrected chi connectivity index (χ3v) is 17.4. The molecule has 18 heteroatoms. The van der Waals surface area contributed by atoms with E-state index in [0.29, 0.717) is 86.4 Å². The van der Waals surface area contributed by atoms with Gasteiger partial charge in [0.15, 0.2) is 0 Å². The van der Waals surface area contributed by atoms with Crippen LogP contribution >= 0.6 is 0 Å². The molecule has 5 atom stereocenters. The zero-order valence-electron chi connectivity index (χ0n) is 40.7. The van der Waals surface area contributed by atoms with E-state index in [2.05, 4.69) is 74.8 Å². The van der Waals surface area contributed by atoms with Crippen LogP contribution in [0.4, 0.5) is 28.4 Å². The van der Waals surface area contributed by atoms with E-state index in [4.69, 9.17) is 23.9 Å². The van der Waals surface area contributed by atoms with Gasteiger partial charge in [0.2, 0.25) is 5.88 Å². The molecule has 1 spiro atoms. The summed E-state index contributed by atoms with van der Waals surface area (Å²) in [6.07, 6.45) is 9.80. The summed E-state index contributed by atoms with van der Waals surface area (Å²) in [5, 5.41) is 16.1. The fourth-order valence-electron chi connectivity index (χ4n) is 12.4. The number of nitrogens with zero attached hydrogens (tertiary/aromatic N) is 5. The molecule has 2 aromatic heterocycles. The minimum Gasteiger partial charge on any atom is -0.468 e. The van der Waals surface area contributed by atoms with Crippen LogP contribution in [0, 0.1) is 15.5 Å². The second-order valence-corrected chi connectivity index (χ2v) is 22.5. The average Bonchev–Trinajstić information content (AvgIpc) is 3.83. The highest BCUT2D eigenvalue weighted by atomic mass is 32.2. The summed E-state index contributed by atoms with van der Waals surface area (Å²) in [5.41, 5.74) is 5.74. The molecule has 0 bridgehead atoms. The van der Waals surface area contributed by atoms with E-state index in [1.54, 1.807) is 6.07 Å². The van der Waals surface area contributed by atoms with Crippen molar-refractivity contribution in [1.82, 2.24) is 19.6 Å². The molecule has 5 aliphatic heterocycles. The van der Waals surface area contributed by atoms with Crippen LogP contribution in [0.25, 0.3) is 11.0 Å². The maximum atomic E-state index is 14.7. The number of fused-ring (bicyclic) bond motifs is 3. The second-order valence-electron chi connectivity index (χ2n) is 20.8. The first kappa shape index (κ1) is 47.5. The van der Waals surface area contributed by atoms with Gasteiger partial charge < -0.3 is 39.0 Å². The first-order chi connectivity index (χ1) is 34.3. The van der Waals surface area contributed by atoms with Crippen LogP contribution in [0.2, 0.25) is 0 Å². The molecule has 376 valence electrons. The summed E-state index contributed by atoms with van der Waals surface area (Å²) < 4.78 is 54.1. The zero-order chi connectivity index (χ0) is 49.0. The van der Waals surface area contributed by atoms with Gasteiger partial charge in [-0.1, -0.05) is 44.5 Å². The van der Waals surface area contributed by atoms with Crippen LogP contribution in [0.1, 0.15) is 106 Å². The summed E-state index contributed by atoms with van der Waals surface area (Å²) in [6, 6.07) is 23.4. The lowest BCUT2D eigenvalue weighted by Gasteiger charge is -2.59. The number of benzene rings is 3. The third kappa shape index (κ3) is 9.22. The molecule has 3 N–H and O–H groups in total. The number of hydrogen-bond acceptors (Lipinski definition) is 14. The molecule has 0 radical (unpaired) electrons. The average molecular weight is 989 g/mol. The summed E-state index contributed by atoms with van der Waals surface area (Å²) in [4.78, 5) is 41.3. The van der Waals surface area contributed by atoms with Crippen molar-refractivity contribution in [3.63, 3.8) is 0 Å². The number of nitro groups is 1. The van der Waals surface area contributed by atoms with E-state index < -0.39 is 37.5 Å². The van der Waals surface area contributed by atoms with Gasteiger partial charge in [-0.05, 0) is 117 Å². The fraction of sp³-hybridized carbons (Fsp3) is 0.509. The van der Waals surface area contributed by atoms with Gasteiger partial charge in [0.1, 0.15) is 23.1 Å². The quantitative estimate of drug-likeness (QED) is 0.0795. The minimum atomic E-state index is -4.62. The maximum Gasteiger partial charge on any atom is 0.293 e. The standard InChI is InChI=1S/C53H64N8O9S/c1-33(2)40-8-4-5-9-41(40)44-10-6-7-34(3)59(44)37-28-53(29-37)17-20-58(21-18-53)36-11-13-42(46(26-36)60-45-16-22-67-32-49(45)70-52-48(60)25-35-15-19-54-50(35)56-52)51(62)57-71(65,66)39-12-14-43(47(27-39)61(63)64)55-30-38-31-68-23-24-69-38/h4-5,8-9,11-15,19,25-27,33-34,37-38,44-45,49,55H,6-7,10,16-18,20-24,28-32H2,1-3H3,(H,54,56)(H,57,62)/t34-,38+,44+,45+,49+/m1/s1. The van der Waals surface area contributed by atoms with Crippen molar-refractivity contribution in [3.05, 3.63) is 106 Å². The Labute approximate surface area is 414 Å². The number of ether oxygens (including phenoxy) is 4. The molecule has 5 fully saturated rings. The van der Waals surface area contributed by atoms with Crippen LogP contribution in [-0.4, -0.2) is 117 Å². The monoisotopic (exact) mass is 988 g/mol. The van der Waals surface area contributed by atoms with Gasteiger partial charge in [0.25, 0.3) is 21.6 Å². The summed E-state index contributed by atoms with van der Waals surface area (Å²) in [6.45, 7) is 10.9. The number of likely N-dealkylation sites (tertiary alicyclic amines) is 1. The van der Waals surface area contributed by atoms with Crippen molar-refractivity contribution in [2.75, 3.05) is 67.8 Å². The fourth-order valence-corrected chi connectivity index (χ4v) is 13.4. The van der Waals surface area contributed by atoms with Gasteiger partial charge in [0, 0.05) is 67.7 Å². The number of sulfonamides is 1. The molecule has 17 nitrogen and oxygen atoms in total. The molecule has 71 heavy (non-hydrogen) atoms. The number of aromatic amines is 1. The van der Waals surface area contributed by atoms with Crippen molar-refractivity contribution in [3.8, 4) is 5.88 Å². The number of hydrogen-bond donors (Lipinski definition) is 3. The molecule has 5 aromatic rings. The van der Waals surface area contributed by atoms with E-state index in [9.17, 15) is 23.3 Å². The van der Waals surface area contributed by atoms with Crippen LogP contribution in [-0.2, 0) is 24.2 Å². The smallest absolute Gasteiger partial charge is 0.293 e. The number of pyridine rings is 1. The summed E-state index contributed by atoms with van der Waals surface area (Å²) in [5.74, 6) is -0.0296. The summed E-state index contributed by atoms with van der Waals surface area (Å²) >= 11 is 0. The number of anilines is 4. The predicted molar refractivity (Wildman–Crippen MR) is 270 cm³/mol. The van der Waals surface area contributed by atoms with E-state index >= 15 is 0 Å². The number of nitrogens with one attached hydrogen (secondary N) is 3. The largest absolute Gasteiger partial charge is 0.468 e. The number of carbonyl (C=O) groups excluding carboxylic acids is 1. The lowest BCUT2D eigenvalue weighted by Crippen LogP contribution is -2.58. The minimum absolute atomic E-state index is 0.115. The Morgan fingerprint density at radius 3 is 2.56 bits per heavy atom. The molecule has 3 aromatic carbocycles. The Hall–Kier alpha value is -5.79. The van der Waals surface area contributed by atoms with Gasteiger partial charge in [-0.3, -0.25) is 19.8 Å². The van der Waals surface area contributed by atoms with Crippen molar-refractivity contribution >= 4 is 55.4 Å². The molecule has 1 amide bonds. The Balaban J connectivity index is 0.876. The van der Waals surface area contributed by atoms with Gasteiger partial charge >= 0.3 is 0 Å². The first-order valence-electron chi connectivity index (χ1n) is 25.4. The molecule has 7 heterocycles. The molecular formula is C53H64N8O9S. The van der Waals surface area contributed by atoms with Crippen LogP contribution < -0.4 is 24.6 Å². The van der Waals surface area contributed by atoms with Crippen molar-refractivity contribution in [1.29, 1.82) is 0 Å². The second kappa shape index (κ2) is 19.3. The van der Waals surface area contributed by atoms with Crippen LogP contribution in [0.3, 0.4) is 0 Å². The number of rotatable bonds is 12. The predicted octanol–water partition coefficient (Wildman–Crippen LogP) is 8.59. The third-order valence-electron chi connectivity index (χ3n) is 16.1. The highest BCUT2D eigenvalue weighted by Crippen LogP contribution is 2.55. The van der Waals surface area contributed by atoms with E-state index in [-0.39, 0.29) is 35.4 Å². The lowest BCUT2D eigenvalue weighted by molar-refractivity contribution is -0.384. The highest BCUT2D eigenvalue weighted by Gasteiger charge is 2.51. The molecule has 6 aliphatic rings. The Bertz CT molecular complexity index is 2910. The Morgan fingerprint density at radius 1 is 0.958 bits per heavy atom. The van der Waals surface area contributed by atoms with Crippen LogP contribution in [0.5, 0.6) is 5.88 Å². The molecule has 1 saturated carbocycles. The van der Waals surface area contributed by atoms with Crippen LogP contribution in [0.15, 0.2) is 83.9 Å². The Kier molecular flexibility index (Phi) is 12.9. The van der Waals surface area contributed by atoms with Gasteiger partial charge in [-0.2, -0.15) is 4.98 Å². The first-order valence-corrected chi connectivity index (χ1v) is 26.9. The van der Waals surface area contributed by atoms with E-state index in [0.717, 1.165) is 43.1 Å². The van der Waals surface area contributed by atoms with E-state index in [1.165, 1.54) is 55.4 Å². The normalized spacial score (nSPS) is 24.8. The molecule has 11 rings (SSSR count). The lowest BCUT2D eigenvalue weighted by atomic mass is 9.59. The molecular weight excluding hydrogens is 925 g/mol. The van der Waals surface area contributed by atoms with Gasteiger partial charge in [0.05, 0.1) is 59.6 Å². The number of piperidine rings is 2. The van der Waals surface area contributed by atoms with Gasteiger partial charge in [-0.25, -0.2) is 13.1 Å². The van der Waals surface area contributed by atoms with Crippen molar-refractivity contribution in [2.45, 2.75) is 119 Å².